The Hall–Kier alpha value is -4.77. The molecule has 0 aliphatic rings. The first kappa shape index (κ1) is 38.2. The highest BCUT2D eigenvalue weighted by atomic mass is 16.4. The molecule has 0 fully saturated rings. The Kier molecular flexibility index (Phi) is 18.7. The van der Waals surface area contributed by atoms with Gasteiger partial charge in [-0.2, -0.15) is 0 Å². The number of carbonyl (C=O) groups is 9. The van der Waals surface area contributed by atoms with Crippen molar-refractivity contribution < 1.29 is 63.6 Å². The van der Waals surface area contributed by atoms with E-state index in [0.29, 0.717) is 0 Å². The molecule has 18 nitrogen and oxygen atoms in total. The number of nitrogens with one attached hydrogen (secondary N) is 2. The number of rotatable bonds is 23. The molecule has 0 rings (SSSR count). The molecule has 0 aromatic heterocycles. The number of carbonyl (C=O) groups excluding carboxylic acids is 5. The third-order valence-electron chi connectivity index (χ3n) is 5.83. The van der Waals surface area contributed by atoms with Crippen LogP contribution in [0.5, 0.6) is 0 Å². The van der Waals surface area contributed by atoms with Gasteiger partial charge < -0.3 is 45.8 Å². The number of carboxylic acid groups (broad SMARTS) is 4. The first-order valence-corrected chi connectivity index (χ1v) is 13.4. The zero-order valence-corrected chi connectivity index (χ0v) is 23.9. The largest absolute Gasteiger partial charge is 0.481 e. The Morgan fingerprint density at radius 2 is 0.698 bits per heavy atom. The van der Waals surface area contributed by atoms with E-state index in [-0.39, 0.29) is 64.4 Å². The van der Waals surface area contributed by atoms with Crippen molar-refractivity contribution in [2.24, 2.45) is 0 Å². The van der Waals surface area contributed by atoms with Crippen molar-refractivity contribution in [2.75, 3.05) is 52.4 Å². The molecule has 0 radical (unpaired) electrons. The van der Waals surface area contributed by atoms with E-state index in [1.807, 2.05) is 0 Å². The maximum Gasteiger partial charge on any atom is 0.305 e. The van der Waals surface area contributed by atoms with Crippen LogP contribution in [0.25, 0.3) is 0 Å². The van der Waals surface area contributed by atoms with Crippen molar-refractivity contribution >= 4 is 53.4 Å². The molecule has 0 heterocycles. The molecule has 242 valence electrons. The van der Waals surface area contributed by atoms with Gasteiger partial charge in [0.15, 0.2) is 0 Å². The highest BCUT2D eigenvalue weighted by molar-refractivity contribution is 5.87. The van der Waals surface area contributed by atoms with Crippen LogP contribution in [0.15, 0.2) is 0 Å². The third-order valence-corrected chi connectivity index (χ3v) is 5.83. The van der Waals surface area contributed by atoms with Crippen molar-refractivity contribution in [1.29, 1.82) is 0 Å². The van der Waals surface area contributed by atoms with E-state index in [2.05, 4.69) is 10.6 Å². The fourth-order valence-corrected chi connectivity index (χ4v) is 3.45. The first-order chi connectivity index (χ1) is 20.2. The average Bonchev–Trinajstić information content (AvgIpc) is 2.93. The Labute approximate surface area is 247 Å². The first-order valence-electron chi connectivity index (χ1n) is 13.4. The number of amides is 5. The van der Waals surface area contributed by atoms with Gasteiger partial charge in [-0.25, -0.2) is 0 Å². The maximum atomic E-state index is 12.4. The molecule has 0 aromatic carbocycles. The molecule has 0 atom stereocenters. The summed E-state index contributed by atoms with van der Waals surface area (Å²) in [6.07, 6.45) is -2.08. The number of aliphatic carboxylic acids is 4. The van der Waals surface area contributed by atoms with E-state index in [0.717, 1.165) is 9.80 Å². The average molecular weight is 618 g/mol. The minimum atomic E-state index is -1.19. The monoisotopic (exact) mass is 617 g/mol. The summed E-state index contributed by atoms with van der Waals surface area (Å²) >= 11 is 0. The summed E-state index contributed by atoms with van der Waals surface area (Å²) in [6, 6.07) is 0. The lowest BCUT2D eigenvalue weighted by Crippen LogP contribution is -2.44. The van der Waals surface area contributed by atoms with Crippen molar-refractivity contribution in [2.45, 2.75) is 51.9 Å². The van der Waals surface area contributed by atoms with E-state index < -0.39 is 86.3 Å². The van der Waals surface area contributed by atoms with Gasteiger partial charge in [0.1, 0.15) is 0 Å². The van der Waals surface area contributed by atoms with Crippen LogP contribution < -0.4 is 10.6 Å². The Balaban J connectivity index is 4.84. The Morgan fingerprint density at radius 3 is 0.953 bits per heavy atom. The molecular formula is C25H39N5O13. The molecule has 0 aromatic rings. The highest BCUT2D eigenvalue weighted by Gasteiger charge is 2.20. The van der Waals surface area contributed by atoms with Crippen LogP contribution in [-0.4, -0.2) is 141 Å². The van der Waals surface area contributed by atoms with Crippen molar-refractivity contribution in [3.05, 3.63) is 0 Å². The van der Waals surface area contributed by atoms with Crippen molar-refractivity contribution in [3.8, 4) is 0 Å². The zero-order valence-electron chi connectivity index (χ0n) is 23.9. The van der Waals surface area contributed by atoms with Gasteiger partial charge in [-0.05, 0) is 0 Å². The molecule has 0 aliphatic carbocycles. The minimum Gasteiger partial charge on any atom is -0.481 e. The fourth-order valence-electron chi connectivity index (χ4n) is 3.45. The van der Waals surface area contributed by atoms with E-state index in [4.69, 9.17) is 20.4 Å². The molecular weight excluding hydrogens is 578 g/mol. The molecule has 0 unspecified atom stereocenters. The van der Waals surface area contributed by atoms with Crippen molar-refractivity contribution in [3.63, 3.8) is 0 Å². The quantitative estimate of drug-likeness (QED) is 0.0711. The normalized spacial score (nSPS) is 10.3. The van der Waals surface area contributed by atoms with Gasteiger partial charge in [-0.3, -0.25) is 43.2 Å². The number of hydrogen-bond acceptors (Lipinski definition) is 9. The molecule has 0 saturated carbocycles. The number of carboxylic acids is 4. The number of nitrogens with zero attached hydrogens (tertiary/aromatic N) is 3. The summed E-state index contributed by atoms with van der Waals surface area (Å²) in [5.74, 6) is -7.76. The molecule has 18 heteroatoms. The lowest BCUT2D eigenvalue weighted by atomic mass is 10.2. The number of hydrogen-bond donors (Lipinski definition) is 6. The predicted octanol–water partition coefficient (Wildman–Crippen LogP) is -2.21. The summed E-state index contributed by atoms with van der Waals surface area (Å²) in [6.45, 7) is -0.674. The topological polar surface area (TPSA) is 268 Å². The Bertz CT molecular complexity index is 925. The SMILES string of the molecule is CCC(=O)N(CCC(=O)NCC(=O)N(CCC(=O)O)CCC(=O)O)CCC(=O)NCC(=O)N(CCC(=O)O)CCC(=O)O. The predicted molar refractivity (Wildman–Crippen MR) is 144 cm³/mol. The van der Waals surface area contributed by atoms with E-state index in [9.17, 15) is 43.2 Å². The summed E-state index contributed by atoms with van der Waals surface area (Å²) < 4.78 is 0. The molecule has 0 saturated heterocycles. The Morgan fingerprint density at radius 1 is 0.442 bits per heavy atom. The van der Waals surface area contributed by atoms with E-state index in [1.165, 1.54) is 4.90 Å². The van der Waals surface area contributed by atoms with Gasteiger partial charge in [0.2, 0.25) is 29.5 Å². The van der Waals surface area contributed by atoms with E-state index >= 15 is 0 Å². The van der Waals surface area contributed by atoms with E-state index in [1.54, 1.807) is 6.92 Å². The summed E-state index contributed by atoms with van der Waals surface area (Å²) in [5, 5.41) is 39.9. The van der Waals surface area contributed by atoms with Gasteiger partial charge in [0, 0.05) is 58.5 Å². The highest BCUT2D eigenvalue weighted by Crippen LogP contribution is 2.01. The minimum absolute atomic E-state index is 0.0600. The summed E-state index contributed by atoms with van der Waals surface area (Å²) in [7, 11) is 0. The summed E-state index contributed by atoms with van der Waals surface area (Å²) in [5.41, 5.74) is 0. The van der Waals surface area contributed by atoms with Crippen LogP contribution in [0.4, 0.5) is 0 Å². The molecule has 0 spiro atoms. The zero-order chi connectivity index (χ0) is 32.9. The van der Waals surface area contributed by atoms with Crippen LogP contribution in [0.2, 0.25) is 0 Å². The fraction of sp³-hybridized carbons (Fsp3) is 0.640. The van der Waals surface area contributed by atoms with Crippen LogP contribution in [-0.2, 0) is 43.2 Å². The van der Waals surface area contributed by atoms with Gasteiger partial charge in [0.25, 0.3) is 0 Å². The van der Waals surface area contributed by atoms with Crippen LogP contribution in [0.3, 0.4) is 0 Å². The van der Waals surface area contributed by atoms with Gasteiger partial charge in [-0.15, -0.1) is 0 Å². The summed E-state index contributed by atoms with van der Waals surface area (Å²) in [4.78, 5) is 108. The molecule has 0 bridgehead atoms. The van der Waals surface area contributed by atoms with Gasteiger partial charge in [-0.1, -0.05) is 6.92 Å². The van der Waals surface area contributed by atoms with Crippen LogP contribution in [0, 0.1) is 0 Å². The molecule has 6 N–H and O–H groups in total. The third kappa shape index (κ3) is 19.1. The lowest BCUT2D eigenvalue weighted by Gasteiger charge is -2.23. The second-order valence-electron chi connectivity index (χ2n) is 9.12. The lowest BCUT2D eigenvalue weighted by molar-refractivity contribution is -0.142. The molecule has 5 amide bonds. The maximum absolute atomic E-state index is 12.4. The van der Waals surface area contributed by atoms with Gasteiger partial charge >= 0.3 is 23.9 Å². The molecule has 43 heavy (non-hydrogen) atoms. The second-order valence-corrected chi connectivity index (χ2v) is 9.12. The molecule has 0 aliphatic heterocycles. The van der Waals surface area contributed by atoms with Crippen LogP contribution in [0.1, 0.15) is 51.9 Å². The van der Waals surface area contributed by atoms with Crippen LogP contribution >= 0.6 is 0 Å². The smallest absolute Gasteiger partial charge is 0.305 e. The standard InChI is InChI=1S/C25H39N5O13/c1-2-19(33)28(9-3-17(31)26-15-20(34)29(11-5-22(36)37)12-6-23(38)39)10-4-18(32)27-16-21(35)30(13-7-24(40)41)14-8-25(42)43/h2-16H2,1H3,(H,26,31)(H,27,32)(H,36,37)(H,38,39)(H,40,41)(H,42,43). The van der Waals surface area contributed by atoms with Crippen molar-refractivity contribution in [1.82, 2.24) is 25.3 Å². The van der Waals surface area contributed by atoms with Gasteiger partial charge in [0.05, 0.1) is 38.8 Å². The second kappa shape index (κ2) is 21.0.